The number of amides is 1. The summed E-state index contributed by atoms with van der Waals surface area (Å²) in [5.74, 6) is -0.492. The number of carboxylic acids is 1. The molecule has 1 amide bonds. The van der Waals surface area contributed by atoms with Gasteiger partial charge >= 0.3 is 5.97 Å². The van der Waals surface area contributed by atoms with E-state index in [9.17, 15) is 9.59 Å². The van der Waals surface area contributed by atoms with Crippen LogP contribution in [0.5, 0.6) is 0 Å². The number of aliphatic carboxylic acids is 1. The van der Waals surface area contributed by atoms with Gasteiger partial charge in [0.15, 0.2) is 0 Å². The zero-order valence-electron chi connectivity index (χ0n) is 9.20. The molecule has 0 spiro atoms. The zero-order valence-corrected chi connectivity index (χ0v) is 9.20. The summed E-state index contributed by atoms with van der Waals surface area (Å²) in [5, 5.41) is 11.0. The van der Waals surface area contributed by atoms with Crippen LogP contribution in [0.15, 0.2) is 0 Å². The smallest absolute Gasteiger partial charge is 0.325 e. The molecular weight excluding hydrogens is 182 g/mol. The van der Waals surface area contributed by atoms with Crippen molar-refractivity contribution in [3.63, 3.8) is 0 Å². The van der Waals surface area contributed by atoms with Crippen LogP contribution in [0.1, 0.15) is 34.1 Å². The molecule has 2 N–H and O–H groups in total. The lowest BCUT2D eigenvalue weighted by atomic mass is 9.94. The van der Waals surface area contributed by atoms with Gasteiger partial charge in [-0.3, -0.25) is 9.59 Å². The number of rotatable bonds is 5. The average molecular weight is 201 g/mol. The highest BCUT2D eigenvalue weighted by molar-refractivity contribution is 5.83. The third kappa shape index (κ3) is 4.84. The Labute approximate surface area is 84.7 Å². The molecule has 82 valence electrons. The lowest BCUT2D eigenvalue weighted by Crippen LogP contribution is -2.39. The maximum absolute atomic E-state index is 11.3. The molecule has 0 saturated carbocycles. The van der Waals surface area contributed by atoms with Crippen molar-refractivity contribution in [3.8, 4) is 0 Å². The lowest BCUT2D eigenvalue weighted by molar-refractivity contribution is -0.141. The Morgan fingerprint density at radius 2 is 1.71 bits per heavy atom. The minimum absolute atomic E-state index is 0.193. The van der Waals surface area contributed by atoms with Gasteiger partial charge in [0, 0.05) is 6.42 Å². The van der Waals surface area contributed by atoms with Crippen molar-refractivity contribution in [2.75, 3.05) is 0 Å². The molecule has 4 heteroatoms. The first-order chi connectivity index (χ1) is 6.34. The first-order valence-electron chi connectivity index (χ1n) is 4.86. The molecule has 0 rings (SSSR count). The fraction of sp³-hybridized carbons (Fsp3) is 0.800. The third-order valence-electron chi connectivity index (χ3n) is 2.39. The van der Waals surface area contributed by atoms with Crippen molar-refractivity contribution in [2.24, 2.45) is 11.8 Å². The maximum Gasteiger partial charge on any atom is 0.325 e. The number of carbonyl (C=O) groups is 2. The van der Waals surface area contributed by atoms with Crippen LogP contribution in [0.4, 0.5) is 0 Å². The topological polar surface area (TPSA) is 66.4 Å². The van der Waals surface area contributed by atoms with E-state index in [0.29, 0.717) is 12.3 Å². The number of nitrogens with one attached hydrogen (secondary N) is 1. The fourth-order valence-corrected chi connectivity index (χ4v) is 0.890. The van der Waals surface area contributed by atoms with Crippen molar-refractivity contribution < 1.29 is 14.7 Å². The van der Waals surface area contributed by atoms with E-state index in [4.69, 9.17) is 5.11 Å². The second-order valence-electron chi connectivity index (χ2n) is 4.05. The Balaban J connectivity index is 3.93. The molecule has 0 radical (unpaired) electrons. The number of hydrogen-bond donors (Lipinski definition) is 2. The van der Waals surface area contributed by atoms with E-state index in [1.54, 1.807) is 0 Å². The molecule has 0 saturated heterocycles. The minimum atomic E-state index is -1.00. The Bertz CT molecular complexity index is 213. The van der Waals surface area contributed by atoms with Crippen molar-refractivity contribution in [3.05, 3.63) is 0 Å². The second kappa shape index (κ2) is 5.62. The second-order valence-corrected chi connectivity index (χ2v) is 4.05. The highest BCUT2D eigenvalue weighted by atomic mass is 16.4. The van der Waals surface area contributed by atoms with Crippen LogP contribution in [0, 0.1) is 11.8 Å². The van der Waals surface area contributed by atoms with Crippen molar-refractivity contribution in [1.29, 1.82) is 0 Å². The van der Waals surface area contributed by atoms with Crippen LogP contribution < -0.4 is 5.32 Å². The van der Waals surface area contributed by atoms with Gasteiger partial charge in [-0.1, -0.05) is 20.8 Å². The predicted octanol–water partition coefficient (Wildman–Crippen LogP) is 1.26. The molecular formula is C10H19NO3. The van der Waals surface area contributed by atoms with Gasteiger partial charge < -0.3 is 10.4 Å². The molecule has 0 aliphatic heterocycles. The molecule has 0 aromatic carbocycles. The molecule has 0 aromatic heterocycles. The standard InChI is InChI=1S/C10H19NO3/c1-6(2)7(3)5-9(12)11-8(4)10(13)14/h6-8H,5H2,1-4H3,(H,11,12)(H,13,14)/t7?,8-/m1/s1. The first kappa shape index (κ1) is 12.9. The van der Waals surface area contributed by atoms with Gasteiger partial charge in [-0.2, -0.15) is 0 Å². The molecule has 0 heterocycles. The monoisotopic (exact) mass is 201 g/mol. The van der Waals surface area contributed by atoms with Gasteiger partial charge in [-0.05, 0) is 18.8 Å². The van der Waals surface area contributed by atoms with Gasteiger partial charge in [0.2, 0.25) is 5.91 Å². The summed E-state index contributed by atoms with van der Waals surface area (Å²) < 4.78 is 0. The van der Waals surface area contributed by atoms with Crippen LogP contribution in [0.2, 0.25) is 0 Å². The third-order valence-corrected chi connectivity index (χ3v) is 2.39. The first-order valence-corrected chi connectivity index (χ1v) is 4.86. The van der Waals surface area contributed by atoms with E-state index in [-0.39, 0.29) is 11.8 Å². The molecule has 4 nitrogen and oxygen atoms in total. The van der Waals surface area contributed by atoms with Crippen molar-refractivity contribution in [2.45, 2.75) is 40.2 Å². The molecule has 0 fully saturated rings. The highest BCUT2D eigenvalue weighted by Gasteiger charge is 2.17. The number of carboxylic acid groups (broad SMARTS) is 1. The number of carbonyl (C=O) groups excluding carboxylic acids is 1. The van der Waals surface area contributed by atoms with Gasteiger partial charge in [0.1, 0.15) is 6.04 Å². The van der Waals surface area contributed by atoms with Crippen molar-refractivity contribution in [1.82, 2.24) is 5.32 Å². The minimum Gasteiger partial charge on any atom is -0.480 e. The fourth-order valence-electron chi connectivity index (χ4n) is 0.890. The summed E-state index contributed by atoms with van der Waals surface area (Å²) in [6, 6.07) is -0.804. The highest BCUT2D eigenvalue weighted by Crippen LogP contribution is 2.13. The Hall–Kier alpha value is -1.06. The van der Waals surface area contributed by atoms with Crippen LogP contribution in [0.3, 0.4) is 0 Å². The Kier molecular flexibility index (Phi) is 5.20. The molecule has 0 aliphatic carbocycles. The molecule has 2 atom stereocenters. The van der Waals surface area contributed by atoms with Crippen molar-refractivity contribution >= 4 is 11.9 Å². The Morgan fingerprint density at radius 1 is 1.21 bits per heavy atom. The van der Waals surface area contributed by atoms with Crippen LogP contribution in [0.25, 0.3) is 0 Å². The van der Waals surface area contributed by atoms with E-state index in [1.165, 1.54) is 6.92 Å². The largest absolute Gasteiger partial charge is 0.480 e. The molecule has 14 heavy (non-hydrogen) atoms. The van der Waals surface area contributed by atoms with E-state index >= 15 is 0 Å². The molecule has 1 unspecified atom stereocenters. The lowest BCUT2D eigenvalue weighted by Gasteiger charge is -2.16. The zero-order chi connectivity index (χ0) is 11.3. The Morgan fingerprint density at radius 3 is 2.07 bits per heavy atom. The van der Waals surface area contributed by atoms with Crippen LogP contribution in [-0.2, 0) is 9.59 Å². The van der Waals surface area contributed by atoms with Gasteiger partial charge in [0.05, 0.1) is 0 Å². The predicted molar refractivity (Wildman–Crippen MR) is 53.9 cm³/mol. The van der Waals surface area contributed by atoms with E-state index in [2.05, 4.69) is 5.32 Å². The molecule has 0 bridgehead atoms. The van der Waals surface area contributed by atoms with Gasteiger partial charge in [0.25, 0.3) is 0 Å². The SMILES string of the molecule is CC(C)C(C)CC(=O)N[C@H](C)C(=O)O. The van der Waals surface area contributed by atoms with Crippen LogP contribution in [-0.4, -0.2) is 23.0 Å². The summed E-state index contributed by atoms with van der Waals surface area (Å²) >= 11 is 0. The summed E-state index contributed by atoms with van der Waals surface area (Å²) in [6.45, 7) is 7.52. The van der Waals surface area contributed by atoms with E-state index < -0.39 is 12.0 Å². The van der Waals surface area contributed by atoms with E-state index in [0.717, 1.165) is 0 Å². The average Bonchev–Trinajstić information content (AvgIpc) is 2.03. The van der Waals surface area contributed by atoms with E-state index in [1.807, 2.05) is 20.8 Å². The van der Waals surface area contributed by atoms with Gasteiger partial charge in [-0.15, -0.1) is 0 Å². The number of hydrogen-bond acceptors (Lipinski definition) is 2. The van der Waals surface area contributed by atoms with Gasteiger partial charge in [-0.25, -0.2) is 0 Å². The molecule has 0 aliphatic rings. The maximum atomic E-state index is 11.3. The van der Waals surface area contributed by atoms with Crippen LogP contribution >= 0.6 is 0 Å². The summed E-state index contributed by atoms with van der Waals surface area (Å²) in [7, 11) is 0. The molecule has 0 aromatic rings. The summed E-state index contributed by atoms with van der Waals surface area (Å²) in [4.78, 5) is 21.7. The normalized spacial score (nSPS) is 14.9. The summed E-state index contributed by atoms with van der Waals surface area (Å²) in [6.07, 6.45) is 0.384. The quantitative estimate of drug-likeness (QED) is 0.703. The summed E-state index contributed by atoms with van der Waals surface area (Å²) in [5.41, 5.74) is 0.